The zero-order chi connectivity index (χ0) is 43.6. The van der Waals surface area contributed by atoms with Crippen LogP contribution in [0.4, 0.5) is 10.3 Å². The lowest BCUT2D eigenvalue weighted by Gasteiger charge is -2.34. The number of benzene rings is 4. The van der Waals surface area contributed by atoms with Crippen molar-refractivity contribution in [2.24, 2.45) is 0 Å². The first-order chi connectivity index (χ1) is 29.0. The Balaban J connectivity index is 0.000000184. The summed E-state index contributed by atoms with van der Waals surface area (Å²) in [7, 11) is -7.36. The van der Waals surface area contributed by atoms with Crippen LogP contribution in [0.1, 0.15) is 29.2 Å². The SMILES string of the molecule is CCc1ccc(-c2csc(N3CCN(S(=O)(=O)c4cc(C)c(Cl)cc4Cl)CC3)n2)cc1.Cc1ccc(-c2csc(N3CCN(S(=O)(=O)c4cc(C)c(Cl)cc4Cl)CC3)n2)cc1. The van der Waals surface area contributed by atoms with Crippen LogP contribution in [-0.4, -0.2) is 87.8 Å². The molecule has 6 aromatic rings. The maximum atomic E-state index is 13.1. The first-order valence-electron chi connectivity index (χ1n) is 19.5. The van der Waals surface area contributed by atoms with Gasteiger partial charge < -0.3 is 9.80 Å². The first kappa shape index (κ1) is 45.7. The van der Waals surface area contributed by atoms with E-state index in [4.69, 9.17) is 56.4 Å². The lowest BCUT2D eigenvalue weighted by Crippen LogP contribution is -2.48. The van der Waals surface area contributed by atoms with E-state index in [9.17, 15) is 16.8 Å². The van der Waals surface area contributed by atoms with Crippen LogP contribution in [0.25, 0.3) is 22.5 Å². The number of thiazole rings is 2. The van der Waals surface area contributed by atoms with Gasteiger partial charge in [0.05, 0.1) is 21.4 Å². The quantitative estimate of drug-likeness (QED) is 0.141. The number of hydrogen-bond acceptors (Lipinski definition) is 10. The Bertz CT molecular complexity index is 2730. The Hall–Kier alpha value is -3.28. The van der Waals surface area contributed by atoms with Crippen LogP contribution in [0.2, 0.25) is 20.1 Å². The Kier molecular flexibility index (Phi) is 14.4. The highest BCUT2D eigenvalue weighted by molar-refractivity contribution is 7.89. The molecule has 0 spiro atoms. The van der Waals surface area contributed by atoms with Gasteiger partial charge in [0.1, 0.15) is 9.79 Å². The molecule has 10 nitrogen and oxygen atoms in total. The largest absolute Gasteiger partial charge is 0.345 e. The molecule has 0 amide bonds. The molecule has 61 heavy (non-hydrogen) atoms. The number of anilines is 2. The number of nitrogens with zero attached hydrogens (tertiary/aromatic N) is 6. The van der Waals surface area contributed by atoms with Gasteiger partial charge in [0.15, 0.2) is 10.3 Å². The predicted molar refractivity (Wildman–Crippen MR) is 254 cm³/mol. The Labute approximate surface area is 386 Å². The van der Waals surface area contributed by atoms with Gasteiger partial charge in [-0.3, -0.25) is 0 Å². The lowest BCUT2D eigenvalue weighted by molar-refractivity contribution is 0.384. The highest BCUT2D eigenvalue weighted by Crippen LogP contribution is 2.35. The van der Waals surface area contributed by atoms with Gasteiger partial charge >= 0.3 is 0 Å². The number of piperazine rings is 2. The maximum absolute atomic E-state index is 13.1. The van der Waals surface area contributed by atoms with Gasteiger partial charge in [-0.1, -0.05) is 107 Å². The van der Waals surface area contributed by atoms with Crippen molar-refractivity contribution in [3.05, 3.63) is 126 Å². The van der Waals surface area contributed by atoms with Crippen LogP contribution in [0.5, 0.6) is 0 Å². The minimum atomic E-state index is -3.68. The maximum Gasteiger partial charge on any atom is 0.244 e. The van der Waals surface area contributed by atoms with Crippen LogP contribution in [0, 0.1) is 20.8 Å². The summed E-state index contributed by atoms with van der Waals surface area (Å²) in [5, 5.41) is 7.12. The first-order valence-corrected chi connectivity index (χ1v) is 25.7. The van der Waals surface area contributed by atoms with Gasteiger partial charge in [-0.05, 0) is 68.1 Å². The molecule has 18 heteroatoms. The summed E-state index contributed by atoms with van der Waals surface area (Å²) in [6, 6.07) is 22.8. The fourth-order valence-corrected chi connectivity index (χ4v) is 13.1. The van der Waals surface area contributed by atoms with E-state index >= 15 is 0 Å². The molecule has 0 aliphatic carbocycles. The standard InChI is InChI=1S/C22H23Cl2N3O2S2.C21H21Cl2N3O2S2/c1-3-16-4-6-17(7-5-16)20-14-30-22(25-20)26-8-10-27(11-9-26)31(28,29)21-12-15(2)18(23)13-19(21)24;1-14-3-5-16(6-4-14)19-13-29-21(24-19)25-7-9-26(10-8-25)30(27,28)20-11-15(2)17(22)12-18(20)23/h4-7,12-14H,3,8-11H2,1-2H3;3-6,11-13H,7-10H2,1-2H3. The van der Waals surface area contributed by atoms with E-state index in [0.29, 0.717) is 73.5 Å². The van der Waals surface area contributed by atoms with Crippen molar-refractivity contribution in [3.63, 3.8) is 0 Å². The summed E-state index contributed by atoms with van der Waals surface area (Å²) >= 11 is 27.7. The second-order valence-electron chi connectivity index (χ2n) is 14.8. The summed E-state index contributed by atoms with van der Waals surface area (Å²) in [5.41, 5.74) is 7.94. The summed E-state index contributed by atoms with van der Waals surface area (Å²) < 4.78 is 55.4. The fraction of sp³-hybridized carbons (Fsp3) is 0.302. The number of rotatable bonds is 9. The minimum absolute atomic E-state index is 0.107. The van der Waals surface area contributed by atoms with E-state index in [2.05, 4.69) is 77.6 Å². The number of hydrogen-bond donors (Lipinski definition) is 0. The Morgan fingerprint density at radius 1 is 0.541 bits per heavy atom. The average molecular weight is 979 g/mol. The van der Waals surface area contributed by atoms with E-state index in [1.807, 2.05) is 5.38 Å². The molecule has 4 aromatic carbocycles. The zero-order valence-electron chi connectivity index (χ0n) is 33.9. The smallest absolute Gasteiger partial charge is 0.244 e. The van der Waals surface area contributed by atoms with Gasteiger partial charge in [0.2, 0.25) is 20.0 Å². The second kappa shape index (κ2) is 19.2. The summed E-state index contributed by atoms with van der Waals surface area (Å²) in [4.78, 5) is 14.0. The highest BCUT2D eigenvalue weighted by Gasteiger charge is 2.33. The van der Waals surface area contributed by atoms with E-state index < -0.39 is 20.0 Å². The molecule has 0 bridgehead atoms. The van der Waals surface area contributed by atoms with Crippen molar-refractivity contribution in [2.75, 3.05) is 62.2 Å². The molecule has 8 rings (SSSR count). The highest BCUT2D eigenvalue weighted by atomic mass is 35.5. The van der Waals surface area contributed by atoms with Gasteiger partial charge in [-0.2, -0.15) is 8.61 Å². The molecule has 2 aromatic heterocycles. The average Bonchev–Trinajstić information content (AvgIpc) is 3.96. The van der Waals surface area contributed by atoms with E-state index in [1.54, 1.807) is 48.7 Å². The van der Waals surface area contributed by atoms with Crippen LogP contribution in [0.3, 0.4) is 0 Å². The molecule has 4 heterocycles. The van der Waals surface area contributed by atoms with Crippen molar-refractivity contribution < 1.29 is 16.8 Å². The molecule has 2 aliphatic rings. The van der Waals surface area contributed by atoms with Gasteiger partial charge in [-0.15, -0.1) is 22.7 Å². The third-order valence-electron chi connectivity index (χ3n) is 10.7. The predicted octanol–water partition coefficient (Wildman–Crippen LogP) is 10.7. The molecule has 0 N–H and O–H groups in total. The van der Waals surface area contributed by atoms with Gasteiger partial charge in [-0.25, -0.2) is 26.8 Å². The molecular weight excluding hydrogens is 935 g/mol. The van der Waals surface area contributed by atoms with Crippen molar-refractivity contribution in [1.29, 1.82) is 0 Å². The Morgan fingerprint density at radius 3 is 1.30 bits per heavy atom. The third kappa shape index (κ3) is 10.3. The molecule has 2 aliphatic heterocycles. The number of aromatic nitrogens is 2. The van der Waals surface area contributed by atoms with Crippen molar-refractivity contribution in [2.45, 2.75) is 43.9 Å². The monoisotopic (exact) mass is 976 g/mol. The number of sulfonamides is 2. The van der Waals surface area contributed by atoms with Crippen molar-refractivity contribution in [1.82, 2.24) is 18.6 Å². The van der Waals surface area contributed by atoms with Crippen LogP contribution in [-0.2, 0) is 26.5 Å². The molecular formula is C43H44Cl4N6O4S4. The van der Waals surface area contributed by atoms with Crippen LogP contribution < -0.4 is 9.80 Å². The molecule has 2 saturated heterocycles. The van der Waals surface area contributed by atoms with Crippen LogP contribution in [0.15, 0.2) is 93.3 Å². The second-order valence-corrected chi connectivity index (χ2v) is 21.9. The van der Waals surface area contributed by atoms with Gasteiger partial charge in [0, 0.05) is 84.3 Å². The molecule has 2 fully saturated rings. The van der Waals surface area contributed by atoms with Gasteiger partial charge in [0.25, 0.3) is 0 Å². The molecule has 0 unspecified atom stereocenters. The third-order valence-corrected chi connectivity index (χ3v) is 18.0. The van der Waals surface area contributed by atoms with Crippen LogP contribution >= 0.6 is 69.1 Å². The molecule has 0 radical (unpaired) electrons. The summed E-state index contributed by atoms with van der Waals surface area (Å²) in [6.45, 7) is 11.5. The van der Waals surface area contributed by atoms with E-state index in [1.165, 1.54) is 31.9 Å². The lowest BCUT2D eigenvalue weighted by atomic mass is 10.1. The normalized spacial score (nSPS) is 15.5. The van der Waals surface area contributed by atoms with E-state index in [0.717, 1.165) is 39.2 Å². The van der Waals surface area contributed by atoms with Crippen molar-refractivity contribution in [3.8, 4) is 22.5 Å². The topological polar surface area (TPSA) is 107 Å². The minimum Gasteiger partial charge on any atom is -0.345 e. The molecule has 0 atom stereocenters. The summed E-state index contributed by atoms with van der Waals surface area (Å²) in [6.07, 6.45) is 1.01. The zero-order valence-corrected chi connectivity index (χ0v) is 40.2. The Morgan fingerprint density at radius 2 is 0.918 bits per heavy atom. The van der Waals surface area contributed by atoms with Crippen molar-refractivity contribution >= 4 is 99.4 Å². The van der Waals surface area contributed by atoms with E-state index in [-0.39, 0.29) is 19.8 Å². The molecule has 322 valence electrons. The number of aryl methyl sites for hydroxylation is 4. The fourth-order valence-electron chi connectivity index (χ4n) is 6.89. The summed E-state index contributed by atoms with van der Waals surface area (Å²) in [5.74, 6) is 0. The number of halogens is 4. The molecule has 0 saturated carbocycles.